The second kappa shape index (κ2) is 3.64. The summed E-state index contributed by atoms with van der Waals surface area (Å²) in [5.41, 5.74) is 1.69. The summed E-state index contributed by atoms with van der Waals surface area (Å²) in [6, 6.07) is 5.60. The summed E-state index contributed by atoms with van der Waals surface area (Å²) in [4.78, 5) is 14.4. The number of rotatable bonds is 0. The van der Waals surface area contributed by atoms with Crippen molar-refractivity contribution < 1.29 is 4.79 Å². The standard InChI is InChI=1S/C13H15ClN2O/c1-16-8-13(5-2-6-13)12(17)15-10-4-3-9(14)7-11(10)16/h3-4,7H,2,5-6,8H2,1H3,(H,15,17). The van der Waals surface area contributed by atoms with Gasteiger partial charge in [-0.25, -0.2) is 0 Å². The van der Waals surface area contributed by atoms with E-state index in [1.54, 1.807) is 0 Å². The van der Waals surface area contributed by atoms with Crippen LogP contribution in [0.3, 0.4) is 0 Å². The van der Waals surface area contributed by atoms with Gasteiger partial charge in [0, 0.05) is 18.6 Å². The van der Waals surface area contributed by atoms with Crippen LogP contribution >= 0.6 is 11.6 Å². The zero-order valence-electron chi connectivity index (χ0n) is 9.79. The highest BCUT2D eigenvalue weighted by Crippen LogP contribution is 2.46. The third-order valence-corrected chi connectivity index (χ3v) is 4.19. The Labute approximate surface area is 106 Å². The smallest absolute Gasteiger partial charge is 0.232 e. The number of carbonyl (C=O) groups excluding carboxylic acids is 1. The second-order valence-electron chi connectivity index (χ2n) is 5.11. The lowest BCUT2D eigenvalue weighted by Gasteiger charge is -2.40. The number of amides is 1. The average Bonchev–Trinajstić information content (AvgIpc) is 2.35. The number of nitrogens with zero attached hydrogens (tertiary/aromatic N) is 1. The molecule has 0 bridgehead atoms. The lowest BCUT2D eigenvalue weighted by molar-refractivity contribution is -0.129. The van der Waals surface area contributed by atoms with Crippen molar-refractivity contribution in [2.75, 3.05) is 23.8 Å². The molecule has 90 valence electrons. The van der Waals surface area contributed by atoms with E-state index in [0.29, 0.717) is 5.02 Å². The van der Waals surface area contributed by atoms with Crippen LogP contribution in [-0.4, -0.2) is 19.5 Å². The molecule has 17 heavy (non-hydrogen) atoms. The van der Waals surface area contributed by atoms with Gasteiger partial charge < -0.3 is 10.2 Å². The molecular weight excluding hydrogens is 236 g/mol. The van der Waals surface area contributed by atoms with Crippen LogP contribution < -0.4 is 10.2 Å². The molecule has 1 aromatic carbocycles. The molecular formula is C13H15ClN2O. The summed E-state index contributed by atoms with van der Waals surface area (Å²) < 4.78 is 0. The van der Waals surface area contributed by atoms with E-state index in [-0.39, 0.29) is 11.3 Å². The van der Waals surface area contributed by atoms with E-state index >= 15 is 0 Å². The fourth-order valence-electron chi connectivity index (χ4n) is 2.78. The van der Waals surface area contributed by atoms with Gasteiger partial charge in [-0.1, -0.05) is 18.0 Å². The highest BCUT2D eigenvalue weighted by Gasteiger charge is 2.46. The molecule has 0 aromatic heterocycles. The molecule has 1 aliphatic carbocycles. The number of anilines is 2. The predicted molar refractivity (Wildman–Crippen MR) is 69.6 cm³/mol. The van der Waals surface area contributed by atoms with Gasteiger partial charge >= 0.3 is 0 Å². The zero-order valence-corrected chi connectivity index (χ0v) is 10.5. The number of halogens is 1. The highest BCUT2D eigenvalue weighted by molar-refractivity contribution is 6.31. The van der Waals surface area contributed by atoms with Crippen LogP contribution in [0.25, 0.3) is 0 Å². The Hall–Kier alpha value is -1.22. The Balaban J connectivity index is 2.03. The van der Waals surface area contributed by atoms with E-state index < -0.39 is 0 Å². The third kappa shape index (κ3) is 1.61. The normalized spacial score (nSPS) is 21.5. The first kappa shape index (κ1) is 10.9. The Morgan fingerprint density at radius 3 is 2.82 bits per heavy atom. The fraction of sp³-hybridized carbons (Fsp3) is 0.462. The van der Waals surface area contributed by atoms with E-state index in [1.807, 2.05) is 25.2 Å². The van der Waals surface area contributed by atoms with E-state index in [4.69, 9.17) is 11.6 Å². The molecule has 1 fully saturated rings. The summed E-state index contributed by atoms with van der Waals surface area (Å²) in [5.74, 6) is 0.164. The molecule has 1 saturated carbocycles. The molecule has 0 saturated heterocycles. The number of hydrogen-bond acceptors (Lipinski definition) is 2. The first-order chi connectivity index (χ1) is 8.11. The van der Waals surface area contributed by atoms with Gasteiger partial charge in [0.15, 0.2) is 0 Å². The van der Waals surface area contributed by atoms with Gasteiger partial charge in [-0.2, -0.15) is 0 Å². The van der Waals surface area contributed by atoms with Gasteiger partial charge in [0.2, 0.25) is 5.91 Å². The van der Waals surface area contributed by atoms with E-state index in [9.17, 15) is 4.79 Å². The minimum absolute atomic E-state index is 0.164. The molecule has 4 heteroatoms. The summed E-state index contributed by atoms with van der Waals surface area (Å²) >= 11 is 6.01. The molecule has 1 N–H and O–H groups in total. The minimum Gasteiger partial charge on any atom is -0.372 e. The Morgan fingerprint density at radius 2 is 2.18 bits per heavy atom. The second-order valence-corrected chi connectivity index (χ2v) is 5.54. The summed E-state index contributed by atoms with van der Waals surface area (Å²) in [6.45, 7) is 0.784. The van der Waals surface area contributed by atoms with Gasteiger partial charge in [-0.15, -0.1) is 0 Å². The molecule has 3 rings (SSSR count). The maximum Gasteiger partial charge on any atom is 0.232 e. The summed E-state index contributed by atoms with van der Waals surface area (Å²) in [5, 5.41) is 3.74. The number of carbonyl (C=O) groups is 1. The zero-order chi connectivity index (χ0) is 12.0. The predicted octanol–water partition coefficient (Wildman–Crippen LogP) is 2.90. The molecule has 1 aromatic rings. The first-order valence-electron chi connectivity index (χ1n) is 5.93. The molecule has 1 heterocycles. The van der Waals surface area contributed by atoms with Crippen molar-refractivity contribution in [3.05, 3.63) is 23.2 Å². The van der Waals surface area contributed by atoms with Crippen molar-refractivity contribution in [2.45, 2.75) is 19.3 Å². The monoisotopic (exact) mass is 250 g/mol. The molecule has 3 nitrogen and oxygen atoms in total. The Morgan fingerprint density at radius 1 is 1.41 bits per heavy atom. The quantitative estimate of drug-likeness (QED) is 0.768. The van der Waals surface area contributed by atoms with Gasteiger partial charge in [0.1, 0.15) is 0 Å². The lowest BCUT2D eigenvalue weighted by Crippen LogP contribution is -2.47. The Kier molecular flexibility index (Phi) is 2.33. The van der Waals surface area contributed by atoms with E-state index in [2.05, 4.69) is 10.2 Å². The molecule has 0 unspecified atom stereocenters. The van der Waals surface area contributed by atoms with Crippen molar-refractivity contribution >= 4 is 28.9 Å². The number of fused-ring (bicyclic) bond motifs is 1. The van der Waals surface area contributed by atoms with Crippen LogP contribution in [-0.2, 0) is 4.79 Å². The average molecular weight is 251 g/mol. The molecule has 0 atom stereocenters. The summed E-state index contributed by atoms with van der Waals surface area (Å²) in [6.07, 6.45) is 3.13. The van der Waals surface area contributed by atoms with Crippen LogP contribution in [0.5, 0.6) is 0 Å². The SMILES string of the molecule is CN1CC2(CCC2)C(=O)Nc2ccc(Cl)cc21. The molecule has 1 amide bonds. The van der Waals surface area contributed by atoms with Crippen molar-refractivity contribution in [3.8, 4) is 0 Å². The molecule has 2 aliphatic rings. The van der Waals surface area contributed by atoms with Crippen LogP contribution in [0.4, 0.5) is 11.4 Å². The van der Waals surface area contributed by atoms with Crippen LogP contribution in [0.15, 0.2) is 18.2 Å². The van der Waals surface area contributed by atoms with Crippen molar-refractivity contribution in [3.63, 3.8) is 0 Å². The van der Waals surface area contributed by atoms with Gasteiger partial charge in [-0.05, 0) is 31.0 Å². The largest absolute Gasteiger partial charge is 0.372 e. The van der Waals surface area contributed by atoms with Crippen LogP contribution in [0.2, 0.25) is 5.02 Å². The van der Waals surface area contributed by atoms with Gasteiger partial charge in [-0.3, -0.25) is 4.79 Å². The maximum atomic E-state index is 12.2. The topological polar surface area (TPSA) is 32.3 Å². The maximum absolute atomic E-state index is 12.2. The molecule has 1 aliphatic heterocycles. The highest BCUT2D eigenvalue weighted by atomic mass is 35.5. The minimum atomic E-state index is -0.180. The van der Waals surface area contributed by atoms with Gasteiger partial charge in [0.05, 0.1) is 16.8 Å². The number of hydrogen-bond donors (Lipinski definition) is 1. The van der Waals surface area contributed by atoms with Crippen LogP contribution in [0.1, 0.15) is 19.3 Å². The lowest BCUT2D eigenvalue weighted by atomic mass is 9.68. The van der Waals surface area contributed by atoms with Crippen molar-refractivity contribution in [1.82, 2.24) is 0 Å². The van der Waals surface area contributed by atoms with Crippen molar-refractivity contribution in [2.24, 2.45) is 5.41 Å². The van der Waals surface area contributed by atoms with Gasteiger partial charge in [0.25, 0.3) is 0 Å². The first-order valence-corrected chi connectivity index (χ1v) is 6.31. The van der Waals surface area contributed by atoms with Crippen LogP contribution in [0, 0.1) is 5.41 Å². The van der Waals surface area contributed by atoms with Crippen molar-refractivity contribution in [1.29, 1.82) is 0 Å². The number of nitrogens with one attached hydrogen (secondary N) is 1. The molecule has 0 radical (unpaired) electrons. The summed E-state index contributed by atoms with van der Waals surface area (Å²) in [7, 11) is 2.02. The Bertz CT molecular complexity index is 482. The van der Waals surface area contributed by atoms with E-state index in [1.165, 1.54) is 0 Å². The molecule has 1 spiro atoms. The third-order valence-electron chi connectivity index (χ3n) is 3.95. The number of benzene rings is 1. The van der Waals surface area contributed by atoms with E-state index in [0.717, 1.165) is 37.2 Å². The fourth-order valence-corrected chi connectivity index (χ4v) is 2.95.